The van der Waals surface area contributed by atoms with Crippen LogP contribution in [0.4, 0.5) is 0 Å². The molecule has 0 aliphatic rings. The van der Waals surface area contributed by atoms with Gasteiger partial charge < -0.3 is 0 Å². The lowest BCUT2D eigenvalue weighted by molar-refractivity contribution is 0.594. The third-order valence-corrected chi connectivity index (χ3v) is 7.52. The maximum absolute atomic E-state index is 13.6. The van der Waals surface area contributed by atoms with Gasteiger partial charge in [-0.3, -0.25) is 0 Å². The van der Waals surface area contributed by atoms with E-state index in [0.29, 0.717) is 22.6 Å². The molecule has 3 heteroatoms. The van der Waals surface area contributed by atoms with Crippen LogP contribution in [0.15, 0.2) is 81.6 Å². The van der Waals surface area contributed by atoms with Gasteiger partial charge in [0.15, 0.2) is 0 Å². The number of sulfone groups is 1. The first kappa shape index (κ1) is 23.2. The van der Waals surface area contributed by atoms with E-state index in [1.165, 1.54) is 11.1 Å². The summed E-state index contributed by atoms with van der Waals surface area (Å²) in [7, 11) is -3.58. The molecule has 2 nitrogen and oxygen atoms in total. The molecule has 0 fully saturated rings. The van der Waals surface area contributed by atoms with Gasteiger partial charge in [-0.15, -0.1) is 0 Å². The van der Waals surface area contributed by atoms with Gasteiger partial charge in [0.2, 0.25) is 9.84 Å². The number of benzene rings is 2. The summed E-state index contributed by atoms with van der Waals surface area (Å²) in [5.41, 5.74) is 4.43. The van der Waals surface area contributed by atoms with Gasteiger partial charge >= 0.3 is 0 Å². The Morgan fingerprint density at radius 1 is 0.655 bits per heavy atom. The Morgan fingerprint density at radius 2 is 1.00 bits per heavy atom. The molecule has 0 aliphatic heterocycles. The minimum Gasteiger partial charge on any atom is -0.218 e. The largest absolute Gasteiger partial charge is 0.218 e. The average molecular weight is 411 g/mol. The average Bonchev–Trinajstić information content (AvgIpc) is 2.75. The molecule has 0 spiro atoms. The van der Waals surface area contributed by atoms with Crippen molar-refractivity contribution in [3.8, 4) is 0 Å². The molecule has 0 saturated carbocycles. The highest BCUT2D eigenvalue weighted by molar-refractivity contribution is 7.91. The molecule has 0 saturated heterocycles. The van der Waals surface area contributed by atoms with Crippen LogP contribution in [-0.2, 0) is 22.7 Å². The maximum Gasteiger partial charge on any atom is 0.207 e. The third-order valence-electron chi connectivity index (χ3n) is 5.56. The van der Waals surface area contributed by atoms with Crippen LogP contribution < -0.4 is 0 Å². The Hall–Kier alpha value is -2.13. The molecule has 0 N–H and O–H groups in total. The lowest BCUT2D eigenvalue weighted by Crippen LogP contribution is -2.08. The van der Waals surface area contributed by atoms with Gasteiger partial charge in [-0.05, 0) is 61.8 Å². The Balaban J connectivity index is 2.47. The molecular formula is C26H34O2S. The number of allylic oxidation sites excluding steroid dienone is 4. The Labute approximate surface area is 177 Å². The molecule has 0 radical (unpaired) electrons. The zero-order chi connectivity index (χ0) is 21.3. The molecule has 2 aromatic carbocycles. The smallest absolute Gasteiger partial charge is 0.207 e. The van der Waals surface area contributed by atoms with Crippen molar-refractivity contribution in [1.29, 1.82) is 0 Å². The molecule has 2 aromatic rings. The van der Waals surface area contributed by atoms with Crippen molar-refractivity contribution >= 4 is 9.84 Å². The van der Waals surface area contributed by atoms with E-state index in [0.717, 1.165) is 36.8 Å². The Bertz CT molecular complexity index is 880. The number of hydrogen-bond acceptors (Lipinski definition) is 2. The molecule has 0 heterocycles. The van der Waals surface area contributed by atoms with Gasteiger partial charge in [-0.1, -0.05) is 87.4 Å². The predicted octanol–water partition coefficient (Wildman–Crippen LogP) is 7.10. The standard InChI is InChI=1S/C26H34O2S/c1-5-21(6-2)17-19-23-13-9-11-15-25(23)29(27,28)26-16-12-10-14-24(26)20-18-22(7-3)8-4/h9-18H,5-8,19-20H2,1-4H3. The minimum absolute atomic E-state index is 0.422. The quantitative estimate of drug-likeness (QED) is 0.392. The fourth-order valence-corrected chi connectivity index (χ4v) is 5.32. The fraction of sp³-hybridized carbons (Fsp3) is 0.385. The normalized spacial score (nSPS) is 11.2. The molecule has 0 aliphatic carbocycles. The van der Waals surface area contributed by atoms with E-state index in [9.17, 15) is 8.42 Å². The molecular weight excluding hydrogens is 376 g/mol. The maximum atomic E-state index is 13.6. The van der Waals surface area contributed by atoms with Crippen LogP contribution in [0.2, 0.25) is 0 Å². The Morgan fingerprint density at radius 3 is 1.34 bits per heavy atom. The van der Waals surface area contributed by atoms with Crippen molar-refractivity contribution in [3.05, 3.63) is 83.0 Å². The predicted molar refractivity (Wildman–Crippen MR) is 123 cm³/mol. The van der Waals surface area contributed by atoms with Crippen LogP contribution in [0.5, 0.6) is 0 Å². The number of hydrogen-bond donors (Lipinski definition) is 0. The summed E-state index contributed by atoms with van der Waals surface area (Å²) in [6.45, 7) is 8.57. The zero-order valence-corrected chi connectivity index (χ0v) is 19.1. The lowest BCUT2D eigenvalue weighted by atomic mass is 10.1. The van der Waals surface area contributed by atoms with E-state index < -0.39 is 9.84 Å². The molecule has 0 unspecified atom stereocenters. The minimum atomic E-state index is -3.58. The summed E-state index contributed by atoms with van der Waals surface area (Å²) in [5.74, 6) is 0. The van der Waals surface area contributed by atoms with Gasteiger partial charge in [0.25, 0.3) is 0 Å². The highest BCUT2D eigenvalue weighted by Gasteiger charge is 2.23. The van der Waals surface area contributed by atoms with Crippen LogP contribution in [0.25, 0.3) is 0 Å². The second-order valence-corrected chi connectivity index (χ2v) is 9.15. The van der Waals surface area contributed by atoms with E-state index >= 15 is 0 Å². The van der Waals surface area contributed by atoms with Gasteiger partial charge in [0.05, 0.1) is 9.79 Å². The zero-order valence-electron chi connectivity index (χ0n) is 18.2. The van der Waals surface area contributed by atoms with Crippen LogP contribution in [0.1, 0.15) is 64.5 Å². The van der Waals surface area contributed by atoms with Gasteiger partial charge in [0.1, 0.15) is 0 Å². The summed E-state index contributed by atoms with van der Waals surface area (Å²) < 4.78 is 27.2. The number of rotatable bonds is 10. The lowest BCUT2D eigenvalue weighted by Gasteiger charge is -2.13. The van der Waals surface area contributed by atoms with E-state index in [4.69, 9.17) is 0 Å². The first-order valence-electron chi connectivity index (χ1n) is 10.7. The van der Waals surface area contributed by atoms with Crippen LogP contribution >= 0.6 is 0 Å². The molecule has 29 heavy (non-hydrogen) atoms. The van der Waals surface area contributed by atoms with Crippen LogP contribution in [0, 0.1) is 0 Å². The molecule has 0 amide bonds. The van der Waals surface area contributed by atoms with E-state index in [1.807, 2.05) is 36.4 Å². The SMILES string of the molecule is CCC(=CCc1ccccc1S(=O)(=O)c1ccccc1CC=C(CC)CC)CC. The summed E-state index contributed by atoms with van der Waals surface area (Å²) in [6, 6.07) is 14.8. The van der Waals surface area contributed by atoms with E-state index in [2.05, 4.69) is 39.8 Å². The first-order chi connectivity index (χ1) is 14.0. The third kappa shape index (κ3) is 5.93. The highest BCUT2D eigenvalue weighted by Crippen LogP contribution is 2.28. The fourth-order valence-electron chi connectivity index (χ4n) is 3.57. The summed E-state index contributed by atoms with van der Waals surface area (Å²) in [5, 5.41) is 0. The molecule has 156 valence electrons. The van der Waals surface area contributed by atoms with Crippen molar-refractivity contribution in [2.45, 2.75) is 76.0 Å². The molecule has 0 atom stereocenters. The monoisotopic (exact) mass is 410 g/mol. The summed E-state index contributed by atoms with van der Waals surface area (Å²) in [6.07, 6.45) is 9.63. The van der Waals surface area contributed by atoms with Crippen molar-refractivity contribution in [2.24, 2.45) is 0 Å². The first-order valence-corrected chi connectivity index (χ1v) is 12.2. The van der Waals surface area contributed by atoms with E-state index in [-0.39, 0.29) is 0 Å². The second kappa shape index (κ2) is 11.2. The van der Waals surface area contributed by atoms with Gasteiger partial charge in [-0.25, -0.2) is 8.42 Å². The van der Waals surface area contributed by atoms with Crippen LogP contribution in [-0.4, -0.2) is 8.42 Å². The molecule has 0 bridgehead atoms. The van der Waals surface area contributed by atoms with Crippen molar-refractivity contribution in [3.63, 3.8) is 0 Å². The van der Waals surface area contributed by atoms with Crippen molar-refractivity contribution in [1.82, 2.24) is 0 Å². The molecule has 2 rings (SSSR count). The Kier molecular flexibility index (Phi) is 8.91. The van der Waals surface area contributed by atoms with Gasteiger partial charge in [-0.2, -0.15) is 0 Å². The second-order valence-electron chi connectivity index (χ2n) is 7.27. The highest BCUT2D eigenvalue weighted by atomic mass is 32.2. The molecule has 0 aromatic heterocycles. The summed E-state index contributed by atoms with van der Waals surface area (Å²) in [4.78, 5) is 0.843. The van der Waals surface area contributed by atoms with Crippen molar-refractivity contribution in [2.75, 3.05) is 0 Å². The van der Waals surface area contributed by atoms with Crippen molar-refractivity contribution < 1.29 is 8.42 Å². The van der Waals surface area contributed by atoms with Crippen LogP contribution in [0.3, 0.4) is 0 Å². The topological polar surface area (TPSA) is 34.1 Å². The van der Waals surface area contributed by atoms with E-state index in [1.54, 1.807) is 12.1 Å². The summed E-state index contributed by atoms with van der Waals surface area (Å²) >= 11 is 0. The van der Waals surface area contributed by atoms with Gasteiger partial charge in [0, 0.05) is 0 Å².